The van der Waals surface area contributed by atoms with Gasteiger partial charge in [-0.2, -0.15) is 0 Å². The molecule has 3 atom stereocenters. The van der Waals surface area contributed by atoms with Gasteiger partial charge in [0.2, 0.25) is 5.91 Å². The van der Waals surface area contributed by atoms with Crippen molar-refractivity contribution in [3.63, 3.8) is 0 Å². The van der Waals surface area contributed by atoms with Gasteiger partial charge in [0.15, 0.2) is 0 Å². The smallest absolute Gasteiger partial charge is 0.331 e. The van der Waals surface area contributed by atoms with E-state index >= 15 is 0 Å². The van der Waals surface area contributed by atoms with Crippen molar-refractivity contribution >= 4 is 25.3 Å². The van der Waals surface area contributed by atoms with Crippen LogP contribution in [0.3, 0.4) is 0 Å². The lowest BCUT2D eigenvalue weighted by Crippen LogP contribution is -2.61. The molecule has 5 N–H and O–H groups in total. The number of hydrogen-bond acceptors (Lipinski definition) is 5. The maximum atomic E-state index is 12.0. The third-order valence-corrected chi connectivity index (χ3v) is 5.45. The number of aliphatic hydroxyl groups is 1. The lowest BCUT2D eigenvalue weighted by molar-refractivity contribution is -0.157. The van der Waals surface area contributed by atoms with Gasteiger partial charge in [0.05, 0.1) is 24.2 Å². The molecular formula is C11H19N2O5PS. The van der Waals surface area contributed by atoms with Crippen molar-refractivity contribution in [1.82, 2.24) is 4.90 Å². The summed E-state index contributed by atoms with van der Waals surface area (Å²) < 4.78 is 11.2. The van der Waals surface area contributed by atoms with Crippen LogP contribution in [0.2, 0.25) is 0 Å². The first-order chi connectivity index (χ1) is 9.26. The van der Waals surface area contributed by atoms with Crippen LogP contribution in [0.25, 0.3) is 0 Å². The van der Waals surface area contributed by atoms with E-state index in [9.17, 15) is 14.5 Å². The fourth-order valence-electron chi connectivity index (χ4n) is 2.77. The highest BCUT2D eigenvalue weighted by Crippen LogP contribution is 2.51. The fourth-order valence-corrected chi connectivity index (χ4v) is 4.60. The van der Waals surface area contributed by atoms with Crippen molar-refractivity contribution in [3.8, 4) is 0 Å². The summed E-state index contributed by atoms with van der Waals surface area (Å²) in [6.45, 7) is 2.02. The van der Waals surface area contributed by atoms with Crippen molar-refractivity contribution in [2.75, 3.05) is 18.5 Å². The Morgan fingerprint density at radius 1 is 1.55 bits per heavy atom. The summed E-state index contributed by atoms with van der Waals surface area (Å²) in [6.07, 6.45) is -0.644. The van der Waals surface area contributed by atoms with Gasteiger partial charge in [0.1, 0.15) is 0 Å². The third-order valence-electron chi connectivity index (χ3n) is 3.55. The van der Waals surface area contributed by atoms with Crippen LogP contribution in [-0.2, 0) is 9.36 Å². The zero-order chi connectivity index (χ0) is 15.1. The number of amides is 1. The summed E-state index contributed by atoms with van der Waals surface area (Å²) in [4.78, 5) is 32.6. The van der Waals surface area contributed by atoms with Crippen molar-refractivity contribution in [1.29, 1.82) is 0 Å². The Morgan fingerprint density at radius 3 is 2.70 bits per heavy atom. The Kier molecular flexibility index (Phi) is 4.63. The van der Waals surface area contributed by atoms with Gasteiger partial charge in [-0.1, -0.05) is 0 Å². The molecule has 0 spiro atoms. The molecule has 2 aliphatic heterocycles. The van der Waals surface area contributed by atoms with Gasteiger partial charge >= 0.3 is 7.60 Å². The largest absolute Gasteiger partial charge is 0.393 e. The summed E-state index contributed by atoms with van der Waals surface area (Å²) in [5.74, 6) is -0.0942. The van der Waals surface area contributed by atoms with Gasteiger partial charge in [0.25, 0.3) is 0 Å². The van der Waals surface area contributed by atoms with E-state index in [-0.39, 0.29) is 11.9 Å². The summed E-state index contributed by atoms with van der Waals surface area (Å²) in [5.41, 5.74) is 5.86. The molecule has 0 saturated carbocycles. The molecule has 0 bridgehead atoms. The zero-order valence-corrected chi connectivity index (χ0v) is 12.8. The molecule has 2 heterocycles. The van der Waals surface area contributed by atoms with Gasteiger partial charge in [-0.25, -0.2) is 0 Å². The predicted octanol–water partition coefficient (Wildman–Crippen LogP) is -0.321. The van der Waals surface area contributed by atoms with Gasteiger partial charge in [-0.15, -0.1) is 11.8 Å². The molecule has 0 aromatic rings. The molecule has 2 aliphatic rings. The highest BCUT2D eigenvalue weighted by Gasteiger charge is 2.55. The lowest BCUT2D eigenvalue weighted by Gasteiger charge is -2.45. The standard InChI is InChI=1S/C11H19N2O5PS/c1-6(14)10-7-4-9(20-3-2-12)8(5-19(16,17)18)13(7)11(10)15/h6-7,10,14H,2-5,12H2,1H3,(H2,16,17,18)/t6-,7-,10-/m1/s1. The van der Waals surface area contributed by atoms with Crippen LogP contribution in [0, 0.1) is 5.92 Å². The van der Waals surface area contributed by atoms with E-state index in [0.29, 0.717) is 24.4 Å². The topological polar surface area (TPSA) is 124 Å². The Labute approximate surface area is 121 Å². The number of nitrogens with zero attached hydrogens (tertiary/aromatic N) is 1. The first-order valence-electron chi connectivity index (χ1n) is 6.37. The molecule has 7 nitrogen and oxygen atoms in total. The van der Waals surface area contributed by atoms with Crippen LogP contribution in [0.5, 0.6) is 0 Å². The molecule has 0 radical (unpaired) electrons. The Hall–Kier alpha value is -0.370. The Balaban J connectivity index is 2.22. The maximum absolute atomic E-state index is 12.0. The van der Waals surface area contributed by atoms with Crippen molar-refractivity contribution in [2.45, 2.75) is 25.5 Å². The number of rotatable bonds is 6. The van der Waals surface area contributed by atoms with Crippen LogP contribution in [0.4, 0.5) is 0 Å². The SMILES string of the molecule is C[C@@H](O)[C@H]1C(=O)N2C(CP(=O)(O)O)=C(SCCN)C[C@H]12. The first-order valence-corrected chi connectivity index (χ1v) is 9.15. The molecule has 1 saturated heterocycles. The van der Waals surface area contributed by atoms with Crippen molar-refractivity contribution in [2.24, 2.45) is 11.7 Å². The molecule has 0 aliphatic carbocycles. The lowest BCUT2D eigenvalue weighted by atomic mass is 9.83. The van der Waals surface area contributed by atoms with E-state index in [1.54, 1.807) is 6.92 Å². The minimum absolute atomic E-state index is 0.177. The maximum Gasteiger partial charge on any atom is 0.331 e. The van der Waals surface area contributed by atoms with Gasteiger partial charge in [0, 0.05) is 29.3 Å². The number of nitrogens with two attached hydrogens (primary N) is 1. The van der Waals surface area contributed by atoms with E-state index in [2.05, 4.69) is 0 Å². The number of fused-ring (bicyclic) bond motifs is 1. The average molecular weight is 322 g/mol. The number of carbonyl (C=O) groups excluding carboxylic acids is 1. The molecule has 2 rings (SSSR count). The van der Waals surface area contributed by atoms with Gasteiger partial charge < -0.3 is 25.5 Å². The van der Waals surface area contributed by atoms with Crippen LogP contribution >= 0.6 is 19.4 Å². The number of β-lactam (4-membered cyclic amide) rings is 1. The Bertz CT molecular complexity index is 489. The van der Waals surface area contributed by atoms with Gasteiger partial charge in [-0.05, 0) is 6.92 Å². The number of hydrogen-bond donors (Lipinski definition) is 4. The zero-order valence-electron chi connectivity index (χ0n) is 11.1. The van der Waals surface area contributed by atoms with Crippen molar-refractivity contribution < 1.29 is 24.3 Å². The third kappa shape index (κ3) is 2.95. The monoisotopic (exact) mass is 322 g/mol. The number of thioether (sulfide) groups is 1. The summed E-state index contributed by atoms with van der Waals surface area (Å²) >= 11 is 1.43. The van der Waals surface area contributed by atoms with E-state index in [1.807, 2.05) is 0 Å². The highest BCUT2D eigenvalue weighted by atomic mass is 32.2. The number of allylic oxidation sites excluding steroid dienone is 1. The molecular weight excluding hydrogens is 303 g/mol. The molecule has 114 valence electrons. The molecule has 20 heavy (non-hydrogen) atoms. The minimum atomic E-state index is -4.24. The minimum Gasteiger partial charge on any atom is -0.393 e. The second-order valence-electron chi connectivity index (χ2n) is 5.08. The summed E-state index contributed by atoms with van der Waals surface area (Å²) in [7, 11) is -4.24. The number of carbonyl (C=O) groups is 1. The average Bonchev–Trinajstić information content (AvgIpc) is 2.57. The normalized spacial score (nSPS) is 27.6. The van der Waals surface area contributed by atoms with E-state index in [0.717, 1.165) is 4.91 Å². The van der Waals surface area contributed by atoms with E-state index < -0.39 is 25.8 Å². The molecule has 0 aromatic carbocycles. The van der Waals surface area contributed by atoms with Crippen LogP contribution in [-0.4, -0.2) is 56.3 Å². The fraction of sp³-hybridized carbons (Fsp3) is 0.727. The summed E-state index contributed by atoms with van der Waals surface area (Å²) in [6, 6.07) is -0.177. The molecule has 9 heteroatoms. The quantitative estimate of drug-likeness (QED) is 0.390. The van der Waals surface area contributed by atoms with Crippen LogP contribution < -0.4 is 5.73 Å². The van der Waals surface area contributed by atoms with E-state index in [1.165, 1.54) is 16.7 Å². The molecule has 1 fully saturated rings. The van der Waals surface area contributed by atoms with Crippen molar-refractivity contribution in [3.05, 3.63) is 10.6 Å². The van der Waals surface area contributed by atoms with E-state index in [4.69, 9.17) is 15.5 Å². The second kappa shape index (κ2) is 5.79. The van der Waals surface area contributed by atoms with Crippen LogP contribution in [0.1, 0.15) is 13.3 Å². The number of aliphatic hydroxyl groups excluding tert-OH is 1. The highest BCUT2D eigenvalue weighted by molar-refractivity contribution is 8.03. The summed E-state index contributed by atoms with van der Waals surface area (Å²) in [5, 5.41) is 9.62. The van der Waals surface area contributed by atoms with Gasteiger partial charge in [-0.3, -0.25) is 9.36 Å². The molecule has 1 amide bonds. The predicted molar refractivity (Wildman–Crippen MR) is 75.9 cm³/mol. The Morgan fingerprint density at radius 2 is 2.20 bits per heavy atom. The molecule has 0 aromatic heterocycles. The first kappa shape index (κ1) is 16.0. The van der Waals surface area contributed by atoms with Crippen LogP contribution in [0.15, 0.2) is 10.6 Å². The second-order valence-corrected chi connectivity index (χ2v) is 7.91. The molecule has 0 unspecified atom stereocenters.